The molecule has 0 saturated carbocycles. The van der Waals surface area contributed by atoms with Crippen LogP contribution in [0.4, 0.5) is 17.1 Å². The number of nitro benzene ring substituents is 1. The van der Waals surface area contributed by atoms with Crippen molar-refractivity contribution >= 4 is 28.9 Å². The van der Waals surface area contributed by atoms with Gasteiger partial charge in [0.2, 0.25) is 5.91 Å². The fourth-order valence-corrected chi connectivity index (χ4v) is 3.44. The topological polar surface area (TPSA) is 120 Å². The molecule has 2 aromatic rings. The Morgan fingerprint density at radius 3 is 2.47 bits per heavy atom. The third-order valence-corrected chi connectivity index (χ3v) is 5.18. The van der Waals surface area contributed by atoms with Gasteiger partial charge in [-0.05, 0) is 39.0 Å². The maximum atomic E-state index is 12.9. The Balaban J connectivity index is 1.98. The summed E-state index contributed by atoms with van der Waals surface area (Å²) in [7, 11) is 2.72. The highest BCUT2D eigenvalue weighted by molar-refractivity contribution is 6.08. The summed E-state index contributed by atoms with van der Waals surface area (Å²) in [5.74, 6) is 0.0293. The Kier molecular flexibility index (Phi) is 6.24. The number of fused-ring (bicyclic) bond motifs is 1. The van der Waals surface area contributed by atoms with Gasteiger partial charge in [0.05, 0.1) is 36.3 Å². The standard InChI is InChI=1S/C22H25N3O7/c1-6-24-16-9-13(7-8-17(16)32-12-22(2,3)21(24)27)23-20(26)14-10-18(30-4)19(31-5)11-15(14)25(28)29/h7-11H,6,12H2,1-5H3,(H,23,26). The molecule has 2 aromatic carbocycles. The van der Waals surface area contributed by atoms with Crippen molar-refractivity contribution < 1.29 is 28.7 Å². The van der Waals surface area contributed by atoms with Crippen LogP contribution in [0.1, 0.15) is 31.1 Å². The van der Waals surface area contributed by atoms with Crippen LogP contribution in [0.25, 0.3) is 0 Å². The van der Waals surface area contributed by atoms with Crippen LogP contribution >= 0.6 is 0 Å². The zero-order valence-corrected chi connectivity index (χ0v) is 18.6. The van der Waals surface area contributed by atoms with E-state index in [2.05, 4.69) is 5.32 Å². The van der Waals surface area contributed by atoms with Crippen molar-refractivity contribution in [2.45, 2.75) is 20.8 Å². The van der Waals surface area contributed by atoms with E-state index in [1.807, 2.05) is 20.8 Å². The molecule has 0 aliphatic carbocycles. The predicted molar refractivity (Wildman–Crippen MR) is 118 cm³/mol. The lowest BCUT2D eigenvalue weighted by atomic mass is 9.93. The maximum absolute atomic E-state index is 12.9. The van der Waals surface area contributed by atoms with Crippen molar-refractivity contribution in [3.8, 4) is 17.2 Å². The average Bonchev–Trinajstić information content (AvgIpc) is 2.86. The Bertz CT molecular complexity index is 1080. The molecule has 1 aliphatic rings. The zero-order valence-electron chi connectivity index (χ0n) is 18.6. The van der Waals surface area contributed by atoms with Crippen LogP contribution < -0.4 is 24.4 Å². The van der Waals surface area contributed by atoms with E-state index in [0.29, 0.717) is 23.7 Å². The minimum absolute atomic E-state index is 0.0993. The largest absolute Gasteiger partial charge is 0.493 e. The van der Waals surface area contributed by atoms with Gasteiger partial charge in [0, 0.05) is 18.3 Å². The number of benzene rings is 2. The summed E-state index contributed by atoms with van der Waals surface area (Å²) in [6, 6.07) is 7.27. The molecular weight excluding hydrogens is 418 g/mol. The Hall–Kier alpha value is -3.82. The van der Waals surface area contributed by atoms with Gasteiger partial charge in [0.15, 0.2) is 11.5 Å². The first kappa shape index (κ1) is 22.9. The summed E-state index contributed by atoms with van der Waals surface area (Å²) >= 11 is 0. The third kappa shape index (κ3) is 4.16. The zero-order chi connectivity index (χ0) is 23.6. The van der Waals surface area contributed by atoms with Crippen molar-refractivity contribution in [1.29, 1.82) is 0 Å². The van der Waals surface area contributed by atoms with E-state index in [4.69, 9.17) is 14.2 Å². The number of methoxy groups -OCH3 is 2. The molecule has 0 unspecified atom stereocenters. The van der Waals surface area contributed by atoms with Crippen LogP contribution in [0.5, 0.6) is 17.2 Å². The number of carbonyl (C=O) groups excluding carboxylic acids is 2. The number of hydrogen-bond donors (Lipinski definition) is 1. The molecule has 2 amide bonds. The van der Waals surface area contributed by atoms with E-state index in [9.17, 15) is 19.7 Å². The van der Waals surface area contributed by atoms with Crippen molar-refractivity contribution in [2.75, 3.05) is 37.6 Å². The Morgan fingerprint density at radius 1 is 1.22 bits per heavy atom. The number of hydrogen-bond acceptors (Lipinski definition) is 7. The number of ether oxygens (including phenoxy) is 3. The lowest BCUT2D eigenvalue weighted by Gasteiger charge is -2.27. The van der Waals surface area contributed by atoms with Crippen LogP contribution in [-0.2, 0) is 4.79 Å². The molecule has 10 nitrogen and oxygen atoms in total. The molecule has 0 bridgehead atoms. The average molecular weight is 443 g/mol. The summed E-state index contributed by atoms with van der Waals surface area (Å²) in [6.07, 6.45) is 0. The highest BCUT2D eigenvalue weighted by Crippen LogP contribution is 2.39. The van der Waals surface area contributed by atoms with E-state index >= 15 is 0 Å². The molecule has 0 aromatic heterocycles. The van der Waals surface area contributed by atoms with Crippen molar-refractivity contribution in [3.63, 3.8) is 0 Å². The Labute approximate surface area is 185 Å². The van der Waals surface area contributed by atoms with E-state index in [1.165, 1.54) is 20.3 Å². The van der Waals surface area contributed by atoms with E-state index in [0.717, 1.165) is 6.07 Å². The monoisotopic (exact) mass is 443 g/mol. The molecule has 32 heavy (non-hydrogen) atoms. The fraction of sp³-hybridized carbons (Fsp3) is 0.364. The highest BCUT2D eigenvalue weighted by Gasteiger charge is 2.37. The van der Waals surface area contributed by atoms with Crippen LogP contribution in [0.3, 0.4) is 0 Å². The van der Waals surface area contributed by atoms with E-state index in [1.54, 1.807) is 23.1 Å². The summed E-state index contributed by atoms with van der Waals surface area (Å²) in [6.45, 7) is 6.10. The SMILES string of the molecule is CCN1C(=O)C(C)(C)COc2ccc(NC(=O)c3cc(OC)c(OC)cc3[N+](=O)[O-])cc21. The molecule has 0 radical (unpaired) electrons. The number of nitro groups is 1. The normalized spacial score (nSPS) is 14.7. The molecule has 1 aliphatic heterocycles. The van der Waals surface area contributed by atoms with Gasteiger partial charge in [-0.1, -0.05) is 0 Å². The van der Waals surface area contributed by atoms with Crippen LogP contribution in [0.2, 0.25) is 0 Å². The molecule has 3 rings (SSSR count). The van der Waals surface area contributed by atoms with Gasteiger partial charge in [-0.25, -0.2) is 0 Å². The van der Waals surface area contributed by atoms with Crippen molar-refractivity contribution in [3.05, 3.63) is 46.0 Å². The maximum Gasteiger partial charge on any atom is 0.286 e. The molecule has 0 atom stereocenters. The van der Waals surface area contributed by atoms with E-state index < -0.39 is 21.9 Å². The summed E-state index contributed by atoms with van der Waals surface area (Å²) in [5.41, 5.74) is -0.456. The lowest BCUT2D eigenvalue weighted by molar-refractivity contribution is -0.385. The minimum atomic E-state index is -0.710. The molecule has 10 heteroatoms. The molecule has 0 fully saturated rings. The quantitative estimate of drug-likeness (QED) is 0.534. The van der Waals surface area contributed by atoms with Crippen molar-refractivity contribution in [1.82, 2.24) is 0 Å². The van der Waals surface area contributed by atoms with Crippen LogP contribution in [-0.4, -0.2) is 44.1 Å². The molecule has 1 N–H and O–H groups in total. The number of nitrogens with zero attached hydrogens (tertiary/aromatic N) is 2. The van der Waals surface area contributed by atoms with Crippen LogP contribution in [0, 0.1) is 15.5 Å². The van der Waals surface area contributed by atoms with Gasteiger partial charge < -0.3 is 24.4 Å². The van der Waals surface area contributed by atoms with Gasteiger partial charge in [-0.15, -0.1) is 0 Å². The fourth-order valence-electron chi connectivity index (χ4n) is 3.44. The van der Waals surface area contributed by atoms with Gasteiger partial charge >= 0.3 is 0 Å². The number of carbonyl (C=O) groups is 2. The van der Waals surface area contributed by atoms with Gasteiger partial charge in [-0.3, -0.25) is 19.7 Å². The van der Waals surface area contributed by atoms with E-state index in [-0.39, 0.29) is 29.6 Å². The first-order chi connectivity index (χ1) is 15.1. The summed E-state index contributed by atoms with van der Waals surface area (Å²) in [4.78, 5) is 38.3. The number of amides is 2. The van der Waals surface area contributed by atoms with Crippen LogP contribution in [0.15, 0.2) is 30.3 Å². The molecule has 0 saturated heterocycles. The smallest absolute Gasteiger partial charge is 0.286 e. The Morgan fingerprint density at radius 2 is 1.88 bits per heavy atom. The first-order valence-corrected chi connectivity index (χ1v) is 9.93. The van der Waals surface area contributed by atoms with Gasteiger partial charge in [0.1, 0.15) is 17.9 Å². The lowest BCUT2D eigenvalue weighted by Crippen LogP contribution is -2.42. The third-order valence-electron chi connectivity index (χ3n) is 5.18. The summed E-state index contributed by atoms with van der Waals surface area (Å²) < 4.78 is 16.1. The second kappa shape index (κ2) is 8.74. The number of anilines is 2. The highest BCUT2D eigenvalue weighted by atomic mass is 16.6. The second-order valence-electron chi connectivity index (χ2n) is 7.84. The number of nitrogens with one attached hydrogen (secondary N) is 1. The van der Waals surface area contributed by atoms with Gasteiger partial charge in [0.25, 0.3) is 11.6 Å². The number of rotatable bonds is 6. The summed E-state index contributed by atoms with van der Waals surface area (Å²) in [5, 5.41) is 14.2. The molecular formula is C22H25N3O7. The second-order valence-corrected chi connectivity index (χ2v) is 7.84. The first-order valence-electron chi connectivity index (χ1n) is 9.93. The van der Waals surface area contributed by atoms with Gasteiger partial charge in [-0.2, -0.15) is 0 Å². The molecule has 170 valence electrons. The molecule has 1 heterocycles. The predicted octanol–water partition coefficient (Wildman–Crippen LogP) is 3.64. The van der Waals surface area contributed by atoms with Crippen molar-refractivity contribution in [2.24, 2.45) is 5.41 Å². The minimum Gasteiger partial charge on any atom is -0.493 e. The molecule has 0 spiro atoms.